The Kier molecular flexibility index (Phi) is 4.36. The van der Waals surface area contributed by atoms with Gasteiger partial charge in [-0.05, 0) is 38.5 Å². The second-order valence-corrected chi connectivity index (χ2v) is 7.67. The van der Waals surface area contributed by atoms with Gasteiger partial charge in [-0.25, -0.2) is 0 Å². The highest BCUT2D eigenvalue weighted by Gasteiger charge is 2.28. The van der Waals surface area contributed by atoms with Crippen molar-refractivity contribution >= 4 is 56.7 Å². The summed E-state index contributed by atoms with van der Waals surface area (Å²) in [5, 5.41) is 10.0. The topological polar surface area (TPSA) is 39.5 Å². The maximum Gasteiger partial charge on any atom is 0.128 e. The highest BCUT2D eigenvalue weighted by molar-refractivity contribution is 7.80. The molecule has 1 aromatic carbocycles. The number of nitrogens with one attached hydrogen (secondary N) is 1. The number of aliphatic imine (C=N–C) groups is 1. The van der Waals surface area contributed by atoms with Gasteiger partial charge in [0.2, 0.25) is 0 Å². The van der Waals surface area contributed by atoms with E-state index >= 15 is 0 Å². The SMILES string of the molecule is CC(=S)N1C(=N)CN=C(c2ccc(Cl)cc2)c2c1sc(C)c2C. The molecule has 0 fully saturated rings. The van der Waals surface area contributed by atoms with Gasteiger partial charge in [0.15, 0.2) is 0 Å². The number of anilines is 1. The number of thiophene rings is 1. The van der Waals surface area contributed by atoms with Crippen molar-refractivity contribution in [2.24, 2.45) is 4.99 Å². The quantitative estimate of drug-likeness (QED) is 0.726. The number of hydrogen-bond donors (Lipinski definition) is 1. The molecular formula is C17H16ClN3S2. The van der Waals surface area contributed by atoms with Crippen molar-refractivity contribution in [3.05, 3.63) is 50.9 Å². The third-order valence-electron chi connectivity index (χ3n) is 3.90. The van der Waals surface area contributed by atoms with Gasteiger partial charge in [0.1, 0.15) is 10.8 Å². The fraction of sp³-hybridized carbons (Fsp3) is 0.235. The number of amidine groups is 1. The highest BCUT2D eigenvalue weighted by atomic mass is 35.5. The fourth-order valence-corrected chi connectivity index (χ4v) is 4.27. The molecule has 1 N–H and O–H groups in total. The first kappa shape index (κ1) is 16.3. The van der Waals surface area contributed by atoms with Crippen molar-refractivity contribution in [3.8, 4) is 0 Å². The van der Waals surface area contributed by atoms with Gasteiger partial charge in [-0.2, -0.15) is 0 Å². The number of halogens is 1. The van der Waals surface area contributed by atoms with Crippen LogP contribution in [-0.2, 0) is 0 Å². The van der Waals surface area contributed by atoms with Gasteiger partial charge in [0, 0.05) is 21.0 Å². The van der Waals surface area contributed by atoms with Gasteiger partial charge in [0.05, 0.1) is 17.2 Å². The molecule has 6 heteroatoms. The smallest absolute Gasteiger partial charge is 0.128 e. The summed E-state index contributed by atoms with van der Waals surface area (Å²) in [6, 6.07) is 7.68. The largest absolute Gasteiger partial charge is 0.286 e. The molecule has 2 aromatic rings. The second-order valence-electron chi connectivity index (χ2n) is 5.44. The predicted octanol–water partition coefficient (Wildman–Crippen LogP) is 5.00. The van der Waals surface area contributed by atoms with E-state index in [1.807, 2.05) is 36.1 Å². The molecule has 23 heavy (non-hydrogen) atoms. The van der Waals surface area contributed by atoms with Crippen molar-refractivity contribution in [2.75, 3.05) is 11.4 Å². The van der Waals surface area contributed by atoms with Gasteiger partial charge in [-0.3, -0.25) is 15.3 Å². The Morgan fingerprint density at radius 3 is 2.57 bits per heavy atom. The lowest BCUT2D eigenvalue weighted by molar-refractivity contribution is 1.22. The minimum atomic E-state index is 0.311. The minimum absolute atomic E-state index is 0.311. The predicted molar refractivity (Wildman–Crippen MR) is 104 cm³/mol. The number of thiocarbonyl (C=S) groups is 1. The average Bonchev–Trinajstić information content (AvgIpc) is 2.68. The second kappa shape index (κ2) is 6.15. The van der Waals surface area contributed by atoms with Gasteiger partial charge < -0.3 is 0 Å². The maximum absolute atomic E-state index is 8.33. The number of nitrogens with zero attached hydrogens (tertiary/aromatic N) is 2. The van der Waals surface area contributed by atoms with Crippen LogP contribution >= 0.6 is 35.2 Å². The zero-order valence-corrected chi connectivity index (χ0v) is 15.5. The van der Waals surface area contributed by atoms with Crippen LogP contribution in [0.4, 0.5) is 5.00 Å². The van der Waals surface area contributed by atoms with Crippen molar-refractivity contribution < 1.29 is 0 Å². The molecule has 0 radical (unpaired) electrons. The van der Waals surface area contributed by atoms with Crippen molar-refractivity contribution in [3.63, 3.8) is 0 Å². The van der Waals surface area contributed by atoms with Crippen LogP contribution in [0.2, 0.25) is 5.02 Å². The Labute approximate surface area is 150 Å². The first-order valence-corrected chi connectivity index (χ1v) is 8.79. The van der Waals surface area contributed by atoms with E-state index in [1.54, 1.807) is 11.3 Å². The summed E-state index contributed by atoms with van der Waals surface area (Å²) >= 11 is 13.0. The normalized spacial score (nSPS) is 14.3. The molecular weight excluding hydrogens is 346 g/mol. The Morgan fingerprint density at radius 1 is 1.30 bits per heavy atom. The van der Waals surface area contributed by atoms with E-state index in [0.29, 0.717) is 22.4 Å². The summed E-state index contributed by atoms with van der Waals surface area (Å²) in [4.78, 5) is 8.43. The highest BCUT2D eigenvalue weighted by Crippen LogP contribution is 2.39. The molecule has 0 bridgehead atoms. The van der Waals surface area contributed by atoms with Crippen LogP contribution in [0.1, 0.15) is 28.5 Å². The zero-order chi connectivity index (χ0) is 16.7. The van der Waals surface area contributed by atoms with E-state index in [4.69, 9.17) is 34.2 Å². The Balaban J connectivity index is 2.25. The molecule has 0 amide bonds. The van der Waals surface area contributed by atoms with Crippen LogP contribution in [0.5, 0.6) is 0 Å². The number of rotatable bonds is 1. The van der Waals surface area contributed by atoms with Crippen LogP contribution in [-0.4, -0.2) is 23.1 Å². The van der Waals surface area contributed by atoms with Crippen LogP contribution in [0, 0.1) is 19.3 Å². The lowest BCUT2D eigenvalue weighted by atomic mass is 10.00. The number of benzene rings is 1. The Hall–Kier alpha value is -1.56. The maximum atomic E-state index is 8.33. The van der Waals surface area contributed by atoms with Crippen molar-refractivity contribution in [2.45, 2.75) is 20.8 Å². The molecule has 1 aliphatic heterocycles. The number of aryl methyl sites for hydroxylation is 1. The summed E-state index contributed by atoms with van der Waals surface area (Å²) in [7, 11) is 0. The molecule has 0 unspecified atom stereocenters. The first-order valence-electron chi connectivity index (χ1n) is 7.19. The number of hydrogen-bond acceptors (Lipinski definition) is 4. The molecule has 0 atom stereocenters. The third-order valence-corrected chi connectivity index (χ3v) is 5.52. The van der Waals surface area contributed by atoms with Crippen molar-refractivity contribution in [1.29, 1.82) is 5.41 Å². The van der Waals surface area contributed by atoms with E-state index in [2.05, 4.69) is 13.8 Å². The Bertz CT molecular complexity index is 834. The minimum Gasteiger partial charge on any atom is -0.286 e. The van der Waals surface area contributed by atoms with E-state index in [1.165, 1.54) is 10.4 Å². The molecule has 3 nitrogen and oxygen atoms in total. The standard InChI is InChI=1S/C17H16ClN3S2/c1-9-10(2)23-17-15(9)16(12-4-6-13(18)7-5-12)20-8-14(19)21(17)11(3)22/h4-7,19H,8H2,1-3H3. The monoisotopic (exact) mass is 361 g/mol. The molecule has 1 aliphatic rings. The molecule has 0 aliphatic carbocycles. The summed E-state index contributed by atoms with van der Waals surface area (Å²) in [5.41, 5.74) is 4.17. The summed E-state index contributed by atoms with van der Waals surface area (Å²) in [6.07, 6.45) is 0. The van der Waals surface area contributed by atoms with Crippen LogP contribution in [0.3, 0.4) is 0 Å². The van der Waals surface area contributed by atoms with Gasteiger partial charge in [-0.15, -0.1) is 11.3 Å². The Morgan fingerprint density at radius 2 is 1.96 bits per heavy atom. The molecule has 0 spiro atoms. The fourth-order valence-electron chi connectivity index (χ4n) is 2.65. The van der Waals surface area contributed by atoms with Gasteiger partial charge >= 0.3 is 0 Å². The van der Waals surface area contributed by atoms with E-state index in [0.717, 1.165) is 21.8 Å². The molecule has 2 heterocycles. The van der Waals surface area contributed by atoms with E-state index < -0.39 is 0 Å². The molecule has 0 saturated carbocycles. The van der Waals surface area contributed by atoms with E-state index in [-0.39, 0.29) is 0 Å². The average molecular weight is 362 g/mol. The molecule has 118 valence electrons. The molecule has 0 saturated heterocycles. The zero-order valence-electron chi connectivity index (χ0n) is 13.1. The van der Waals surface area contributed by atoms with Gasteiger partial charge in [-0.1, -0.05) is 36.0 Å². The van der Waals surface area contributed by atoms with E-state index in [9.17, 15) is 0 Å². The first-order chi connectivity index (χ1) is 10.9. The van der Waals surface area contributed by atoms with Crippen molar-refractivity contribution in [1.82, 2.24) is 0 Å². The summed E-state index contributed by atoms with van der Waals surface area (Å²) in [5.74, 6) is 0.406. The lowest BCUT2D eigenvalue weighted by Crippen LogP contribution is -2.34. The number of fused-ring (bicyclic) bond motifs is 1. The van der Waals surface area contributed by atoms with Gasteiger partial charge in [0.25, 0.3) is 0 Å². The van der Waals surface area contributed by atoms with Crippen LogP contribution in [0.25, 0.3) is 0 Å². The summed E-state index contributed by atoms with van der Waals surface area (Å²) in [6.45, 7) is 6.35. The van der Waals surface area contributed by atoms with Crippen LogP contribution < -0.4 is 4.90 Å². The van der Waals surface area contributed by atoms with Crippen LogP contribution in [0.15, 0.2) is 29.3 Å². The molecule has 1 aromatic heterocycles. The lowest BCUT2D eigenvalue weighted by Gasteiger charge is -2.21. The molecule has 3 rings (SSSR count). The summed E-state index contributed by atoms with van der Waals surface area (Å²) < 4.78 is 0. The third kappa shape index (κ3) is 2.84.